The summed E-state index contributed by atoms with van der Waals surface area (Å²) in [7, 11) is 0. The van der Waals surface area contributed by atoms with Gasteiger partial charge < -0.3 is 23.7 Å². The van der Waals surface area contributed by atoms with Crippen molar-refractivity contribution in [3.63, 3.8) is 0 Å². The van der Waals surface area contributed by atoms with Crippen LogP contribution < -0.4 is 9.47 Å². The number of carboxylic acid groups (broad SMARTS) is 1. The number of benzene rings is 3. The lowest BCUT2D eigenvalue weighted by atomic mass is 10.0. The van der Waals surface area contributed by atoms with Gasteiger partial charge in [0.05, 0.1) is 17.5 Å². The summed E-state index contributed by atoms with van der Waals surface area (Å²) in [5.41, 5.74) is 4.72. The summed E-state index contributed by atoms with van der Waals surface area (Å²) in [5, 5.41) is 15.2. The van der Waals surface area contributed by atoms with Gasteiger partial charge in [-0.3, -0.25) is 0 Å². The van der Waals surface area contributed by atoms with Crippen LogP contribution in [0.15, 0.2) is 77.4 Å². The number of carbonyl (C=O) groups is 1. The number of ether oxygens (including phenoxy) is 2. The number of rotatable bonds is 11. The Kier molecular flexibility index (Phi) is 6.89. The van der Waals surface area contributed by atoms with Crippen LogP contribution in [0.25, 0.3) is 33.1 Å². The van der Waals surface area contributed by atoms with E-state index < -0.39 is 5.97 Å². The van der Waals surface area contributed by atoms with Gasteiger partial charge in [-0.2, -0.15) is 0 Å². The van der Waals surface area contributed by atoms with Gasteiger partial charge in [0, 0.05) is 29.3 Å². The standard InChI is InChI=1S/C29H28N2O5/c1-2-8-22-26(14-13-23-28(30-36-29(22)23)20-9-4-3-5-10-20)34-18-7-16-31-17-15-21-24(31)11-6-12-25(21)35-19-27(32)33/h3-6,9-15,17H,2,7-8,16,18-19H2,1H3,(H,32,33). The maximum atomic E-state index is 10.9. The van der Waals surface area contributed by atoms with Crippen LogP contribution in [0.2, 0.25) is 0 Å². The molecule has 0 atom stereocenters. The zero-order chi connectivity index (χ0) is 24.9. The van der Waals surface area contributed by atoms with Gasteiger partial charge in [-0.25, -0.2) is 4.79 Å². The Morgan fingerprint density at radius 3 is 2.64 bits per heavy atom. The van der Waals surface area contributed by atoms with Crippen molar-refractivity contribution in [3.8, 4) is 22.8 Å². The third-order valence-electron chi connectivity index (χ3n) is 6.17. The van der Waals surface area contributed by atoms with Crippen LogP contribution in [-0.2, 0) is 17.8 Å². The molecular formula is C29H28N2O5. The number of nitrogens with zero attached hydrogens (tertiary/aromatic N) is 2. The summed E-state index contributed by atoms with van der Waals surface area (Å²) in [5.74, 6) is 0.414. The van der Waals surface area contributed by atoms with Gasteiger partial charge in [-0.05, 0) is 43.2 Å². The van der Waals surface area contributed by atoms with Crippen LogP contribution >= 0.6 is 0 Å². The SMILES string of the molecule is CCCc1c(OCCCn2ccc3c(OCC(=O)O)cccc32)ccc2c(-c3ccccc3)noc12. The Morgan fingerprint density at radius 1 is 0.972 bits per heavy atom. The Bertz CT molecular complexity index is 1490. The fourth-order valence-corrected chi connectivity index (χ4v) is 4.54. The highest BCUT2D eigenvalue weighted by Crippen LogP contribution is 2.35. The van der Waals surface area contributed by atoms with Crippen LogP contribution in [0.5, 0.6) is 11.5 Å². The lowest BCUT2D eigenvalue weighted by Gasteiger charge is -2.12. The van der Waals surface area contributed by atoms with Gasteiger partial charge in [-0.15, -0.1) is 0 Å². The minimum atomic E-state index is -0.995. The maximum Gasteiger partial charge on any atom is 0.341 e. The molecule has 2 heterocycles. The van der Waals surface area contributed by atoms with Crippen molar-refractivity contribution in [2.24, 2.45) is 0 Å². The van der Waals surface area contributed by atoms with Crippen molar-refractivity contribution in [2.45, 2.75) is 32.7 Å². The van der Waals surface area contributed by atoms with Gasteiger partial charge >= 0.3 is 5.97 Å². The van der Waals surface area contributed by atoms with Gasteiger partial charge in [0.1, 0.15) is 17.2 Å². The zero-order valence-electron chi connectivity index (χ0n) is 20.1. The van der Waals surface area contributed by atoms with Crippen molar-refractivity contribution in [2.75, 3.05) is 13.2 Å². The molecule has 0 amide bonds. The first-order chi connectivity index (χ1) is 17.7. The van der Waals surface area contributed by atoms with E-state index in [2.05, 4.69) is 16.6 Å². The quantitative estimate of drug-likeness (QED) is 0.220. The summed E-state index contributed by atoms with van der Waals surface area (Å²) in [6, 6.07) is 21.7. The number of aromatic nitrogens is 2. The average molecular weight is 485 g/mol. The lowest BCUT2D eigenvalue weighted by Crippen LogP contribution is -2.09. The van der Waals surface area contributed by atoms with Crippen LogP contribution in [0.1, 0.15) is 25.3 Å². The minimum absolute atomic E-state index is 0.361. The second-order valence-corrected chi connectivity index (χ2v) is 8.65. The number of aryl methyl sites for hydroxylation is 2. The monoisotopic (exact) mass is 484 g/mol. The van der Waals surface area contributed by atoms with Crippen molar-refractivity contribution in [3.05, 3.63) is 78.5 Å². The minimum Gasteiger partial charge on any atom is -0.493 e. The van der Waals surface area contributed by atoms with Crippen molar-refractivity contribution in [1.82, 2.24) is 9.72 Å². The number of aliphatic carboxylic acids is 1. The van der Waals surface area contributed by atoms with E-state index in [1.807, 2.05) is 66.9 Å². The Balaban J connectivity index is 1.29. The molecule has 0 aliphatic carbocycles. The highest BCUT2D eigenvalue weighted by atomic mass is 16.5. The Morgan fingerprint density at radius 2 is 1.83 bits per heavy atom. The maximum absolute atomic E-state index is 10.9. The summed E-state index contributed by atoms with van der Waals surface area (Å²) < 4.78 is 19.6. The molecule has 2 aromatic heterocycles. The largest absolute Gasteiger partial charge is 0.493 e. The molecule has 7 nitrogen and oxygen atoms in total. The highest BCUT2D eigenvalue weighted by Gasteiger charge is 2.17. The molecule has 1 N–H and O–H groups in total. The first-order valence-corrected chi connectivity index (χ1v) is 12.2. The molecule has 0 aliphatic heterocycles. The lowest BCUT2D eigenvalue weighted by molar-refractivity contribution is -0.139. The van der Waals surface area contributed by atoms with Crippen LogP contribution in [-0.4, -0.2) is 34.0 Å². The molecular weight excluding hydrogens is 456 g/mol. The van der Waals surface area contributed by atoms with Crippen molar-refractivity contribution in [1.29, 1.82) is 0 Å². The summed E-state index contributed by atoms with van der Waals surface area (Å²) in [6.45, 7) is 3.09. The number of hydrogen-bond donors (Lipinski definition) is 1. The third kappa shape index (κ3) is 4.77. The van der Waals surface area contributed by atoms with Crippen molar-refractivity contribution >= 4 is 27.8 Å². The summed E-state index contributed by atoms with van der Waals surface area (Å²) in [4.78, 5) is 10.9. The van der Waals surface area contributed by atoms with E-state index in [0.717, 1.165) is 70.2 Å². The molecule has 0 unspecified atom stereocenters. The first kappa shape index (κ1) is 23.5. The molecule has 184 valence electrons. The van der Waals surface area contributed by atoms with E-state index in [9.17, 15) is 4.79 Å². The smallest absolute Gasteiger partial charge is 0.341 e. The van der Waals surface area contributed by atoms with E-state index in [1.165, 1.54) is 0 Å². The third-order valence-corrected chi connectivity index (χ3v) is 6.17. The molecule has 0 bridgehead atoms. The predicted molar refractivity (Wildman–Crippen MR) is 139 cm³/mol. The molecule has 3 aromatic carbocycles. The fraction of sp³-hybridized carbons (Fsp3) is 0.241. The van der Waals surface area contributed by atoms with Crippen LogP contribution in [0.4, 0.5) is 0 Å². The van der Waals surface area contributed by atoms with E-state index in [-0.39, 0.29) is 6.61 Å². The van der Waals surface area contributed by atoms with Crippen molar-refractivity contribution < 1.29 is 23.9 Å². The molecule has 36 heavy (non-hydrogen) atoms. The predicted octanol–water partition coefficient (Wildman–Crippen LogP) is 6.33. The van der Waals surface area contributed by atoms with E-state index in [1.54, 1.807) is 6.07 Å². The molecule has 0 saturated carbocycles. The Labute approximate surface area is 208 Å². The zero-order valence-corrected chi connectivity index (χ0v) is 20.1. The average Bonchev–Trinajstić information content (AvgIpc) is 3.52. The van der Waals surface area contributed by atoms with E-state index in [4.69, 9.17) is 19.1 Å². The topological polar surface area (TPSA) is 86.7 Å². The summed E-state index contributed by atoms with van der Waals surface area (Å²) in [6.07, 6.45) is 4.61. The van der Waals surface area contributed by atoms with Crippen LogP contribution in [0, 0.1) is 0 Å². The van der Waals surface area contributed by atoms with Gasteiger partial charge in [0.15, 0.2) is 12.2 Å². The number of fused-ring (bicyclic) bond motifs is 2. The first-order valence-electron chi connectivity index (χ1n) is 12.2. The van der Waals surface area contributed by atoms with Gasteiger partial charge in [0.2, 0.25) is 0 Å². The van der Waals surface area contributed by atoms with Gasteiger partial charge in [0.25, 0.3) is 0 Å². The normalized spacial score (nSPS) is 11.2. The van der Waals surface area contributed by atoms with E-state index >= 15 is 0 Å². The highest BCUT2D eigenvalue weighted by molar-refractivity contribution is 5.94. The summed E-state index contributed by atoms with van der Waals surface area (Å²) >= 11 is 0. The molecule has 0 saturated heterocycles. The molecule has 0 aliphatic rings. The van der Waals surface area contributed by atoms with E-state index in [0.29, 0.717) is 12.4 Å². The van der Waals surface area contributed by atoms with Crippen LogP contribution in [0.3, 0.4) is 0 Å². The molecule has 0 spiro atoms. The molecule has 0 radical (unpaired) electrons. The molecule has 5 aromatic rings. The fourth-order valence-electron chi connectivity index (χ4n) is 4.54. The number of hydrogen-bond acceptors (Lipinski definition) is 5. The Hall–Kier alpha value is -4.26. The van der Waals surface area contributed by atoms with Gasteiger partial charge in [-0.1, -0.05) is 54.9 Å². The molecule has 7 heteroatoms. The molecule has 0 fully saturated rings. The second-order valence-electron chi connectivity index (χ2n) is 8.65. The second kappa shape index (κ2) is 10.6. The molecule has 5 rings (SSSR count). The number of carboxylic acids is 1.